The monoisotopic (exact) mass is 417 g/mol. The van der Waals surface area contributed by atoms with Crippen LogP contribution in [-0.4, -0.2) is 36.4 Å². The highest BCUT2D eigenvalue weighted by molar-refractivity contribution is 9.10. The van der Waals surface area contributed by atoms with E-state index < -0.39 is 23.9 Å². The average Bonchev–Trinajstić information content (AvgIpc) is 2.84. The first-order valence-corrected chi connectivity index (χ1v) is 8.65. The highest BCUT2D eigenvalue weighted by Gasteiger charge is 2.51. The predicted molar refractivity (Wildman–Crippen MR) is 97.8 cm³/mol. The summed E-state index contributed by atoms with van der Waals surface area (Å²) in [6, 6.07) is 13.2. The van der Waals surface area contributed by atoms with Crippen molar-refractivity contribution < 1.29 is 24.2 Å². The minimum atomic E-state index is -2.02. The molecule has 1 N–H and O–H groups in total. The molecule has 0 aromatic heterocycles. The van der Waals surface area contributed by atoms with Gasteiger partial charge in [-0.3, -0.25) is 19.3 Å². The minimum absolute atomic E-state index is 0.305. The first kappa shape index (κ1) is 18.3. The quantitative estimate of drug-likeness (QED) is 0.596. The molecule has 2 aromatic carbocycles. The Bertz CT molecular complexity index is 880. The van der Waals surface area contributed by atoms with E-state index in [9.17, 15) is 19.5 Å². The van der Waals surface area contributed by atoms with Crippen LogP contribution in [0.25, 0.3) is 0 Å². The molecule has 3 rings (SSSR count). The number of carbonyl (C=O) groups excluding carboxylic acids is 3. The lowest BCUT2D eigenvalue weighted by molar-refractivity contribution is -0.142. The standard InChI is InChI=1S/C19H16BrNO5/c1-26-17(23)11-21-15-5-3-2-4-14(15)19(25,18(21)24)10-16(22)12-6-8-13(20)9-7-12/h2-9,25H,10-11H2,1H3/t19-/m0/s1. The number of carbonyl (C=O) groups is 3. The highest BCUT2D eigenvalue weighted by Crippen LogP contribution is 2.42. The predicted octanol–water partition coefficient (Wildman–Crippen LogP) is 2.43. The molecule has 0 saturated heterocycles. The lowest BCUT2D eigenvalue weighted by Crippen LogP contribution is -2.43. The zero-order chi connectivity index (χ0) is 18.9. The van der Waals surface area contributed by atoms with E-state index >= 15 is 0 Å². The Morgan fingerprint density at radius 3 is 2.46 bits per heavy atom. The van der Waals surface area contributed by atoms with Crippen molar-refractivity contribution in [2.45, 2.75) is 12.0 Å². The highest BCUT2D eigenvalue weighted by atomic mass is 79.9. The van der Waals surface area contributed by atoms with Crippen LogP contribution in [0, 0.1) is 0 Å². The van der Waals surface area contributed by atoms with Crippen molar-refractivity contribution in [3.05, 3.63) is 64.1 Å². The van der Waals surface area contributed by atoms with Gasteiger partial charge in [-0.1, -0.05) is 46.3 Å². The molecule has 0 radical (unpaired) electrons. The van der Waals surface area contributed by atoms with Crippen molar-refractivity contribution in [1.29, 1.82) is 0 Å². The molecule has 1 heterocycles. The van der Waals surface area contributed by atoms with E-state index in [0.717, 1.165) is 9.37 Å². The minimum Gasteiger partial charge on any atom is -0.468 e. The number of fused-ring (bicyclic) bond motifs is 1. The van der Waals surface area contributed by atoms with E-state index in [4.69, 9.17) is 0 Å². The number of methoxy groups -OCH3 is 1. The number of hydrogen-bond acceptors (Lipinski definition) is 5. The number of halogens is 1. The molecule has 0 aliphatic carbocycles. The van der Waals surface area contributed by atoms with Gasteiger partial charge in [0.2, 0.25) is 0 Å². The number of rotatable bonds is 5. The van der Waals surface area contributed by atoms with Gasteiger partial charge in [-0.05, 0) is 18.2 Å². The maximum atomic E-state index is 12.9. The van der Waals surface area contributed by atoms with Crippen LogP contribution in [0.15, 0.2) is 53.0 Å². The number of esters is 1. The summed E-state index contributed by atoms with van der Waals surface area (Å²) in [6.45, 7) is -0.332. The first-order chi connectivity index (χ1) is 12.4. The number of amides is 1. The lowest BCUT2D eigenvalue weighted by atomic mass is 9.88. The summed E-state index contributed by atoms with van der Waals surface area (Å²) in [5.74, 6) is -1.70. The second-order valence-electron chi connectivity index (χ2n) is 5.95. The van der Waals surface area contributed by atoms with Crippen LogP contribution in [0.5, 0.6) is 0 Å². The maximum absolute atomic E-state index is 12.9. The van der Waals surface area contributed by atoms with Gasteiger partial charge in [0.05, 0.1) is 19.2 Å². The summed E-state index contributed by atoms with van der Waals surface area (Å²) in [4.78, 5) is 38.3. The summed E-state index contributed by atoms with van der Waals surface area (Å²) in [5.41, 5.74) is -0.930. The number of ether oxygens (including phenoxy) is 1. The van der Waals surface area contributed by atoms with E-state index in [1.54, 1.807) is 48.5 Å². The van der Waals surface area contributed by atoms with Gasteiger partial charge in [0, 0.05) is 15.6 Å². The number of aliphatic hydroxyl groups is 1. The fourth-order valence-corrected chi connectivity index (χ4v) is 3.26. The average molecular weight is 418 g/mol. The lowest BCUT2D eigenvalue weighted by Gasteiger charge is -2.22. The van der Waals surface area contributed by atoms with Crippen LogP contribution in [0.3, 0.4) is 0 Å². The molecule has 0 unspecified atom stereocenters. The van der Waals surface area contributed by atoms with Gasteiger partial charge in [-0.2, -0.15) is 0 Å². The molecule has 6 nitrogen and oxygen atoms in total. The Kier molecular flexibility index (Phi) is 4.93. The van der Waals surface area contributed by atoms with E-state index in [1.807, 2.05) is 0 Å². The molecule has 134 valence electrons. The van der Waals surface area contributed by atoms with Crippen molar-refractivity contribution in [3.63, 3.8) is 0 Å². The number of nitrogens with zero attached hydrogens (tertiary/aromatic N) is 1. The third kappa shape index (κ3) is 3.15. The number of hydrogen-bond donors (Lipinski definition) is 1. The Morgan fingerprint density at radius 2 is 1.81 bits per heavy atom. The second kappa shape index (κ2) is 7.01. The fourth-order valence-electron chi connectivity index (χ4n) is 3.00. The largest absolute Gasteiger partial charge is 0.468 e. The number of anilines is 1. The Balaban J connectivity index is 1.95. The van der Waals surface area contributed by atoms with Gasteiger partial charge in [0.25, 0.3) is 5.91 Å². The Labute approximate surface area is 158 Å². The van der Waals surface area contributed by atoms with E-state index in [2.05, 4.69) is 20.7 Å². The smallest absolute Gasteiger partial charge is 0.325 e. The Hall–Kier alpha value is -2.51. The second-order valence-corrected chi connectivity index (χ2v) is 6.87. The molecule has 7 heteroatoms. The molecule has 1 amide bonds. The van der Waals surface area contributed by atoms with Gasteiger partial charge < -0.3 is 9.84 Å². The van der Waals surface area contributed by atoms with Gasteiger partial charge in [0.15, 0.2) is 11.4 Å². The van der Waals surface area contributed by atoms with Crippen LogP contribution in [0.4, 0.5) is 5.69 Å². The Morgan fingerprint density at radius 1 is 1.15 bits per heavy atom. The summed E-state index contributed by atoms with van der Waals surface area (Å²) in [6.07, 6.45) is -0.415. The molecule has 1 atom stereocenters. The van der Waals surface area contributed by atoms with Gasteiger partial charge in [-0.25, -0.2) is 0 Å². The SMILES string of the molecule is COC(=O)CN1C(=O)[C@](O)(CC(=O)c2ccc(Br)cc2)c2ccccc21. The summed E-state index contributed by atoms with van der Waals surface area (Å²) in [5, 5.41) is 11.1. The van der Waals surface area contributed by atoms with Crippen molar-refractivity contribution in [1.82, 2.24) is 0 Å². The molecule has 0 spiro atoms. The number of Topliss-reactive ketones (excluding diaryl/α,β-unsaturated/α-hetero) is 1. The van der Waals surface area contributed by atoms with Crippen molar-refractivity contribution in [3.8, 4) is 0 Å². The fraction of sp³-hybridized carbons (Fsp3) is 0.211. The summed E-state index contributed by atoms with van der Waals surface area (Å²) < 4.78 is 5.44. The first-order valence-electron chi connectivity index (χ1n) is 7.86. The third-order valence-corrected chi connectivity index (χ3v) is 4.87. The van der Waals surface area contributed by atoms with Crippen molar-refractivity contribution >= 4 is 39.3 Å². The van der Waals surface area contributed by atoms with Crippen molar-refractivity contribution in [2.24, 2.45) is 0 Å². The third-order valence-electron chi connectivity index (χ3n) is 4.34. The molecular formula is C19H16BrNO5. The molecule has 26 heavy (non-hydrogen) atoms. The number of ketones is 1. The van der Waals surface area contributed by atoms with Crippen LogP contribution >= 0.6 is 15.9 Å². The molecule has 1 aliphatic heterocycles. The zero-order valence-electron chi connectivity index (χ0n) is 13.9. The van der Waals surface area contributed by atoms with E-state index in [0.29, 0.717) is 16.8 Å². The molecule has 0 fully saturated rings. The molecule has 1 aliphatic rings. The molecule has 2 aromatic rings. The normalized spacial score (nSPS) is 18.6. The van der Waals surface area contributed by atoms with Gasteiger partial charge in [-0.15, -0.1) is 0 Å². The summed E-state index contributed by atoms with van der Waals surface area (Å²) >= 11 is 3.30. The van der Waals surface area contributed by atoms with Crippen LogP contribution in [0.1, 0.15) is 22.3 Å². The number of para-hydroxylation sites is 1. The zero-order valence-corrected chi connectivity index (χ0v) is 15.5. The van der Waals surface area contributed by atoms with Gasteiger partial charge >= 0.3 is 5.97 Å². The molecule has 0 saturated carbocycles. The van der Waals surface area contributed by atoms with Crippen molar-refractivity contribution in [2.75, 3.05) is 18.6 Å². The van der Waals surface area contributed by atoms with Crippen LogP contribution in [0.2, 0.25) is 0 Å². The maximum Gasteiger partial charge on any atom is 0.325 e. The van der Waals surface area contributed by atoms with E-state index in [1.165, 1.54) is 7.11 Å². The van der Waals surface area contributed by atoms with E-state index in [-0.39, 0.29) is 12.3 Å². The topological polar surface area (TPSA) is 83.9 Å². The van der Waals surface area contributed by atoms with Crippen LogP contribution < -0.4 is 4.90 Å². The molecule has 0 bridgehead atoms. The number of benzene rings is 2. The summed E-state index contributed by atoms with van der Waals surface area (Å²) in [7, 11) is 1.22. The van der Waals surface area contributed by atoms with Crippen LogP contribution in [-0.2, 0) is 19.9 Å². The molecular weight excluding hydrogens is 402 g/mol. The van der Waals surface area contributed by atoms with Gasteiger partial charge in [0.1, 0.15) is 6.54 Å².